The molecule has 0 saturated carbocycles. The minimum atomic E-state index is -0.477. The Kier molecular flexibility index (Phi) is 5.64. The van der Waals surface area contributed by atoms with Crippen molar-refractivity contribution in [2.75, 3.05) is 33.8 Å². The maximum absolute atomic E-state index is 12.6. The highest BCUT2D eigenvalue weighted by molar-refractivity contribution is 6.04. The number of nitrogens with zero attached hydrogens (tertiary/aromatic N) is 2. The molecule has 0 saturated heterocycles. The number of benzene rings is 2. The summed E-state index contributed by atoms with van der Waals surface area (Å²) in [6.07, 6.45) is 0. The quantitative estimate of drug-likeness (QED) is 0.662. The summed E-state index contributed by atoms with van der Waals surface area (Å²) in [5.41, 5.74) is 0.886. The van der Waals surface area contributed by atoms with Crippen LogP contribution in [0.15, 0.2) is 40.8 Å². The normalized spacial score (nSPS) is 10.3. The van der Waals surface area contributed by atoms with Crippen molar-refractivity contribution in [2.45, 2.75) is 0 Å². The van der Waals surface area contributed by atoms with Crippen LogP contribution in [0.4, 0.5) is 6.01 Å². The summed E-state index contributed by atoms with van der Waals surface area (Å²) in [4.78, 5) is 12.6. The molecule has 146 valence electrons. The molecule has 1 aromatic heterocycles. The van der Waals surface area contributed by atoms with E-state index in [1.165, 1.54) is 33.5 Å². The fourth-order valence-electron chi connectivity index (χ4n) is 2.59. The SMILES string of the molecule is COc1ccccc1-c1nnc(NC(=O)c2cc(OC)c(OC)c(OC)c2)o1. The zero-order valence-corrected chi connectivity index (χ0v) is 15.8. The third kappa shape index (κ3) is 3.68. The molecule has 2 aromatic carbocycles. The minimum Gasteiger partial charge on any atom is -0.496 e. The van der Waals surface area contributed by atoms with Crippen LogP contribution in [0.2, 0.25) is 0 Å². The van der Waals surface area contributed by atoms with Crippen molar-refractivity contribution in [3.05, 3.63) is 42.0 Å². The molecule has 3 rings (SSSR count). The van der Waals surface area contributed by atoms with E-state index in [9.17, 15) is 4.79 Å². The highest BCUT2D eigenvalue weighted by Gasteiger charge is 2.19. The predicted octanol–water partition coefficient (Wildman–Crippen LogP) is 3.02. The molecular weight excluding hydrogens is 366 g/mol. The minimum absolute atomic E-state index is 0.0559. The molecule has 9 heteroatoms. The van der Waals surface area contributed by atoms with Crippen molar-refractivity contribution >= 4 is 11.9 Å². The Morgan fingerprint density at radius 1 is 0.893 bits per heavy atom. The van der Waals surface area contributed by atoms with Crippen molar-refractivity contribution in [3.63, 3.8) is 0 Å². The van der Waals surface area contributed by atoms with Gasteiger partial charge in [-0.05, 0) is 24.3 Å². The Morgan fingerprint density at radius 2 is 1.54 bits per heavy atom. The van der Waals surface area contributed by atoms with Crippen LogP contribution in [0.25, 0.3) is 11.5 Å². The van der Waals surface area contributed by atoms with E-state index < -0.39 is 5.91 Å². The number of carbonyl (C=O) groups is 1. The maximum Gasteiger partial charge on any atom is 0.322 e. The molecule has 3 aromatic rings. The molecule has 1 amide bonds. The standard InChI is InChI=1S/C19H19N3O6/c1-24-13-8-6-5-7-12(13)18-21-22-19(28-18)20-17(23)11-9-14(25-2)16(27-4)15(10-11)26-3/h5-10H,1-4H3,(H,20,22,23). The fourth-order valence-corrected chi connectivity index (χ4v) is 2.59. The molecule has 0 aliphatic carbocycles. The van der Waals surface area contributed by atoms with Gasteiger partial charge in [0.2, 0.25) is 5.75 Å². The second-order valence-electron chi connectivity index (χ2n) is 5.48. The van der Waals surface area contributed by atoms with Crippen LogP contribution in [0.1, 0.15) is 10.4 Å². The molecule has 0 atom stereocenters. The molecule has 0 aliphatic rings. The number of aromatic nitrogens is 2. The van der Waals surface area contributed by atoms with Gasteiger partial charge in [0.15, 0.2) is 11.5 Å². The maximum atomic E-state index is 12.6. The van der Waals surface area contributed by atoms with E-state index in [4.69, 9.17) is 23.4 Å². The second-order valence-corrected chi connectivity index (χ2v) is 5.48. The zero-order chi connectivity index (χ0) is 20.1. The summed E-state index contributed by atoms with van der Waals surface area (Å²) in [5, 5.41) is 10.4. The van der Waals surface area contributed by atoms with E-state index >= 15 is 0 Å². The zero-order valence-electron chi connectivity index (χ0n) is 15.8. The monoisotopic (exact) mass is 385 g/mol. The first-order valence-corrected chi connectivity index (χ1v) is 8.19. The lowest BCUT2D eigenvalue weighted by molar-refractivity contribution is 0.102. The van der Waals surface area contributed by atoms with Gasteiger partial charge in [-0.25, -0.2) is 0 Å². The summed E-state index contributed by atoms with van der Waals surface area (Å²) >= 11 is 0. The molecule has 0 bridgehead atoms. The number of anilines is 1. The summed E-state index contributed by atoms with van der Waals surface area (Å²) in [6.45, 7) is 0. The molecule has 1 N–H and O–H groups in total. The predicted molar refractivity (Wildman–Crippen MR) is 100 cm³/mol. The average molecular weight is 385 g/mol. The molecule has 28 heavy (non-hydrogen) atoms. The van der Waals surface area contributed by atoms with E-state index in [0.717, 1.165) is 0 Å². The van der Waals surface area contributed by atoms with E-state index in [1.54, 1.807) is 19.2 Å². The number of hydrogen-bond donors (Lipinski definition) is 1. The first-order chi connectivity index (χ1) is 13.6. The molecule has 1 heterocycles. The van der Waals surface area contributed by atoms with Crippen LogP contribution >= 0.6 is 0 Å². The van der Waals surface area contributed by atoms with Crippen LogP contribution < -0.4 is 24.3 Å². The van der Waals surface area contributed by atoms with E-state index in [0.29, 0.717) is 28.6 Å². The second kappa shape index (κ2) is 8.30. The molecular formula is C19H19N3O6. The van der Waals surface area contributed by atoms with E-state index in [1.807, 2.05) is 12.1 Å². The van der Waals surface area contributed by atoms with E-state index in [-0.39, 0.29) is 17.5 Å². The summed E-state index contributed by atoms with van der Waals surface area (Å²) in [5.74, 6) is 1.41. The topological polar surface area (TPSA) is 105 Å². The summed E-state index contributed by atoms with van der Waals surface area (Å²) < 4.78 is 26.6. The van der Waals surface area contributed by atoms with Crippen molar-refractivity contribution in [3.8, 4) is 34.5 Å². The van der Waals surface area contributed by atoms with Crippen molar-refractivity contribution in [1.82, 2.24) is 10.2 Å². The molecule has 0 spiro atoms. The Hall–Kier alpha value is -3.75. The largest absolute Gasteiger partial charge is 0.496 e. The number of nitrogens with one attached hydrogen (secondary N) is 1. The van der Waals surface area contributed by atoms with Crippen LogP contribution in [0.3, 0.4) is 0 Å². The van der Waals surface area contributed by atoms with Gasteiger partial charge in [-0.2, -0.15) is 0 Å². The third-order valence-electron chi connectivity index (χ3n) is 3.91. The highest BCUT2D eigenvalue weighted by Crippen LogP contribution is 2.38. The average Bonchev–Trinajstić information content (AvgIpc) is 3.20. The number of hydrogen-bond acceptors (Lipinski definition) is 8. The molecule has 9 nitrogen and oxygen atoms in total. The Morgan fingerprint density at radius 3 is 2.14 bits per heavy atom. The fraction of sp³-hybridized carbons (Fsp3) is 0.211. The van der Waals surface area contributed by atoms with Gasteiger partial charge < -0.3 is 23.4 Å². The molecule has 0 unspecified atom stereocenters. The van der Waals surface area contributed by atoms with Gasteiger partial charge in [0.05, 0.1) is 34.0 Å². The smallest absolute Gasteiger partial charge is 0.322 e. The van der Waals surface area contributed by atoms with Gasteiger partial charge in [0, 0.05) is 5.56 Å². The van der Waals surface area contributed by atoms with Crippen molar-refractivity contribution in [1.29, 1.82) is 0 Å². The van der Waals surface area contributed by atoms with Crippen molar-refractivity contribution in [2.24, 2.45) is 0 Å². The van der Waals surface area contributed by atoms with Crippen molar-refractivity contribution < 1.29 is 28.2 Å². The third-order valence-corrected chi connectivity index (χ3v) is 3.91. The van der Waals surface area contributed by atoms with Gasteiger partial charge in [-0.3, -0.25) is 10.1 Å². The highest BCUT2D eigenvalue weighted by atomic mass is 16.5. The van der Waals surface area contributed by atoms with Gasteiger partial charge in [-0.15, -0.1) is 5.10 Å². The number of rotatable bonds is 7. The number of ether oxygens (including phenoxy) is 4. The molecule has 0 radical (unpaired) electrons. The number of carbonyl (C=O) groups excluding carboxylic acids is 1. The lowest BCUT2D eigenvalue weighted by Gasteiger charge is -2.13. The number of methoxy groups -OCH3 is 4. The van der Waals surface area contributed by atoms with Gasteiger partial charge in [0.1, 0.15) is 5.75 Å². The Bertz CT molecular complexity index is 960. The lowest BCUT2D eigenvalue weighted by atomic mass is 10.1. The van der Waals surface area contributed by atoms with Crippen LogP contribution in [-0.4, -0.2) is 44.5 Å². The van der Waals surface area contributed by atoms with Crippen LogP contribution in [-0.2, 0) is 0 Å². The van der Waals surface area contributed by atoms with Gasteiger partial charge in [-0.1, -0.05) is 17.2 Å². The van der Waals surface area contributed by atoms with E-state index in [2.05, 4.69) is 15.5 Å². The lowest BCUT2D eigenvalue weighted by Crippen LogP contribution is -2.13. The first-order valence-electron chi connectivity index (χ1n) is 8.19. The van der Waals surface area contributed by atoms with Crippen LogP contribution in [0.5, 0.6) is 23.0 Å². The Balaban J connectivity index is 1.85. The molecule has 0 fully saturated rings. The first kappa shape index (κ1) is 19.0. The Labute approximate surface area is 161 Å². The summed E-state index contributed by atoms with van der Waals surface area (Å²) in [6, 6.07) is 10.2. The number of amides is 1. The van der Waals surface area contributed by atoms with Gasteiger partial charge >= 0.3 is 6.01 Å². The number of para-hydroxylation sites is 1. The summed E-state index contributed by atoms with van der Waals surface area (Å²) in [7, 11) is 5.97. The van der Waals surface area contributed by atoms with Gasteiger partial charge in [0.25, 0.3) is 11.8 Å². The van der Waals surface area contributed by atoms with Crippen LogP contribution in [0, 0.1) is 0 Å². The molecule has 0 aliphatic heterocycles.